The van der Waals surface area contributed by atoms with Crippen molar-refractivity contribution in [2.75, 3.05) is 18.5 Å². The lowest BCUT2D eigenvalue weighted by Crippen LogP contribution is -2.30. The monoisotopic (exact) mass is 298 g/mol. The van der Waals surface area contributed by atoms with Crippen molar-refractivity contribution in [1.29, 1.82) is 0 Å². The molecule has 1 saturated heterocycles. The zero-order chi connectivity index (χ0) is 14.8. The Morgan fingerprint density at radius 3 is 2.75 bits per heavy atom. The summed E-state index contributed by atoms with van der Waals surface area (Å²) in [4.78, 5) is 11.6. The van der Waals surface area contributed by atoms with Crippen LogP contribution in [0, 0.1) is 0 Å². The summed E-state index contributed by atoms with van der Waals surface area (Å²) in [6.07, 6.45) is 1.85. The maximum atomic E-state index is 11.6. The van der Waals surface area contributed by atoms with Crippen molar-refractivity contribution in [2.45, 2.75) is 30.7 Å². The fourth-order valence-electron chi connectivity index (χ4n) is 2.20. The zero-order valence-corrected chi connectivity index (χ0v) is 12.1. The first kappa shape index (κ1) is 15.0. The number of anilines is 1. The number of Topliss-reactive ketones (excluding diaryl/α,β-unsaturated/α-hetero) is 1. The van der Waals surface area contributed by atoms with Crippen LogP contribution in [0.15, 0.2) is 23.1 Å². The van der Waals surface area contributed by atoms with Crippen LogP contribution in [-0.2, 0) is 14.8 Å². The van der Waals surface area contributed by atoms with Crippen LogP contribution in [0.5, 0.6) is 0 Å². The number of sulfonamides is 1. The molecule has 1 fully saturated rings. The molecule has 0 bridgehead atoms. The smallest absolute Gasteiger partial charge is 0.238 e. The molecule has 0 unspecified atom stereocenters. The summed E-state index contributed by atoms with van der Waals surface area (Å²) < 4.78 is 28.2. The highest BCUT2D eigenvalue weighted by molar-refractivity contribution is 7.89. The molecule has 1 atom stereocenters. The molecule has 3 N–H and O–H groups in total. The van der Waals surface area contributed by atoms with Crippen LogP contribution in [-0.4, -0.2) is 33.5 Å². The molecule has 0 radical (unpaired) electrons. The third kappa shape index (κ3) is 3.56. The van der Waals surface area contributed by atoms with E-state index in [1.165, 1.54) is 25.1 Å². The van der Waals surface area contributed by atoms with Gasteiger partial charge in [0.15, 0.2) is 5.78 Å². The zero-order valence-electron chi connectivity index (χ0n) is 11.3. The Morgan fingerprint density at radius 2 is 2.20 bits per heavy atom. The summed E-state index contributed by atoms with van der Waals surface area (Å²) in [6.45, 7) is 2.71. The molecule has 0 aliphatic carbocycles. The molecule has 1 heterocycles. The van der Waals surface area contributed by atoms with Crippen molar-refractivity contribution in [1.82, 2.24) is 0 Å². The van der Waals surface area contributed by atoms with Gasteiger partial charge in [-0.1, -0.05) is 0 Å². The van der Waals surface area contributed by atoms with Crippen LogP contribution >= 0.6 is 0 Å². The molecule has 1 aliphatic heterocycles. The van der Waals surface area contributed by atoms with Gasteiger partial charge in [0.2, 0.25) is 10.0 Å². The fraction of sp³-hybridized carbons (Fsp3) is 0.462. The number of ether oxygens (including phenoxy) is 1. The van der Waals surface area contributed by atoms with Gasteiger partial charge in [-0.15, -0.1) is 0 Å². The van der Waals surface area contributed by atoms with E-state index in [2.05, 4.69) is 5.32 Å². The lowest BCUT2D eigenvalue weighted by molar-refractivity contribution is 0.0875. The average molecular weight is 298 g/mol. The van der Waals surface area contributed by atoms with E-state index < -0.39 is 10.0 Å². The van der Waals surface area contributed by atoms with Crippen molar-refractivity contribution in [3.63, 3.8) is 0 Å². The van der Waals surface area contributed by atoms with Crippen LogP contribution in [0.2, 0.25) is 0 Å². The van der Waals surface area contributed by atoms with E-state index in [1.807, 2.05) is 0 Å². The number of benzene rings is 1. The number of primary sulfonamides is 1. The maximum absolute atomic E-state index is 11.6. The average Bonchev–Trinajstić information content (AvgIpc) is 2.38. The molecule has 0 spiro atoms. The summed E-state index contributed by atoms with van der Waals surface area (Å²) in [5.74, 6) is -0.134. The summed E-state index contributed by atoms with van der Waals surface area (Å²) in [6, 6.07) is 4.29. The van der Waals surface area contributed by atoms with Crippen LogP contribution in [0.25, 0.3) is 0 Å². The Bertz CT molecular complexity index is 607. The van der Waals surface area contributed by atoms with Gasteiger partial charge in [-0.25, -0.2) is 13.6 Å². The molecule has 110 valence electrons. The maximum Gasteiger partial charge on any atom is 0.238 e. The number of nitrogens with two attached hydrogens (primary N) is 1. The second-order valence-corrected chi connectivity index (χ2v) is 6.43. The number of hydrogen-bond acceptors (Lipinski definition) is 5. The second-order valence-electron chi connectivity index (χ2n) is 4.87. The summed E-state index contributed by atoms with van der Waals surface area (Å²) in [5.41, 5.74) is 0.933. The fourth-order valence-corrected chi connectivity index (χ4v) is 2.74. The minimum Gasteiger partial charge on any atom is -0.379 e. The van der Waals surface area contributed by atoms with Crippen molar-refractivity contribution < 1.29 is 17.9 Å². The van der Waals surface area contributed by atoms with Crippen molar-refractivity contribution in [3.8, 4) is 0 Å². The highest BCUT2D eigenvalue weighted by Gasteiger charge is 2.18. The number of carbonyl (C=O) groups excluding carboxylic acids is 1. The molecule has 6 nitrogen and oxygen atoms in total. The predicted molar refractivity (Wildman–Crippen MR) is 75.3 cm³/mol. The number of rotatable bonds is 4. The van der Waals surface area contributed by atoms with Gasteiger partial charge < -0.3 is 10.1 Å². The Kier molecular flexibility index (Phi) is 4.42. The van der Waals surface area contributed by atoms with E-state index in [0.29, 0.717) is 17.9 Å². The molecule has 2 rings (SSSR count). The Hall–Kier alpha value is -1.44. The predicted octanol–water partition coefficient (Wildman–Crippen LogP) is 1.13. The first-order valence-corrected chi connectivity index (χ1v) is 7.94. The largest absolute Gasteiger partial charge is 0.379 e. The van der Waals surface area contributed by atoms with Crippen molar-refractivity contribution in [2.24, 2.45) is 5.14 Å². The van der Waals surface area contributed by atoms with E-state index in [4.69, 9.17) is 9.88 Å². The SMILES string of the molecule is CC(=O)c1ccc(S(N)(=O)=O)cc1N[C@@H]1CCCOC1. The summed E-state index contributed by atoms with van der Waals surface area (Å²) in [5, 5.41) is 8.30. The van der Waals surface area contributed by atoms with Gasteiger partial charge in [0.25, 0.3) is 0 Å². The molecule has 20 heavy (non-hydrogen) atoms. The van der Waals surface area contributed by atoms with Gasteiger partial charge in [0, 0.05) is 23.9 Å². The Morgan fingerprint density at radius 1 is 1.45 bits per heavy atom. The molecule has 1 aliphatic rings. The Labute approximate surface area is 118 Å². The third-order valence-corrected chi connectivity index (χ3v) is 4.13. The van der Waals surface area contributed by atoms with E-state index in [9.17, 15) is 13.2 Å². The van der Waals surface area contributed by atoms with Gasteiger partial charge in [-0.2, -0.15) is 0 Å². The molecule has 0 saturated carbocycles. The Balaban J connectivity index is 2.33. The van der Waals surface area contributed by atoms with Gasteiger partial charge in [0.05, 0.1) is 11.5 Å². The van der Waals surface area contributed by atoms with Gasteiger partial charge >= 0.3 is 0 Å². The molecule has 0 amide bonds. The first-order valence-electron chi connectivity index (χ1n) is 6.40. The molecule has 1 aromatic carbocycles. The van der Waals surface area contributed by atoms with Crippen LogP contribution < -0.4 is 10.5 Å². The lowest BCUT2D eigenvalue weighted by atomic mass is 10.1. The van der Waals surface area contributed by atoms with E-state index >= 15 is 0 Å². The third-order valence-electron chi connectivity index (χ3n) is 3.22. The van der Waals surface area contributed by atoms with Crippen molar-refractivity contribution in [3.05, 3.63) is 23.8 Å². The van der Waals surface area contributed by atoms with E-state index in [-0.39, 0.29) is 16.7 Å². The highest BCUT2D eigenvalue weighted by atomic mass is 32.2. The molecular formula is C13H18N2O4S. The molecular weight excluding hydrogens is 280 g/mol. The molecule has 7 heteroatoms. The number of nitrogens with one attached hydrogen (secondary N) is 1. The van der Waals surface area contributed by atoms with Gasteiger partial charge in [-0.05, 0) is 38.0 Å². The topological polar surface area (TPSA) is 98.5 Å². The standard InChI is InChI=1S/C13H18N2O4S/c1-9(16)12-5-4-11(20(14,17)18)7-13(12)15-10-3-2-6-19-8-10/h4-5,7,10,15H,2-3,6,8H2,1H3,(H2,14,17,18)/t10-/m1/s1. The minimum atomic E-state index is -3.79. The van der Waals surface area contributed by atoms with Gasteiger partial charge in [-0.3, -0.25) is 4.79 Å². The molecule has 0 aromatic heterocycles. The van der Waals surface area contributed by atoms with Crippen molar-refractivity contribution >= 4 is 21.5 Å². The van der Waals surface area contributed by atoms with Crippen LogP contribution in [0.3, 0.4) is 0 Å². The second kappa shape index (κ2) is 5.90. The normalized spacial score (nSPS) is 19.6. The number of hydrogen-bond donors (Lipinski definition) is 2. The van der Waals surface area contributed by atoms with E-state index in [0.717, 1.165) is 19.4 Å². The lowest BCUT2D eigenvalue weighted by Gasteiger charge is -2.25. The number of ketones is 1. The summed E-state index contributed by atoms with van der Waals surface area (Å²) >= 11 is 0. The quantitative estimate of drug-likeness (QED) is 0.812. The minimum absolute atomic E-state index is 0.0123. The van der Waals surface area contributed by atoms with E-state index in [1.54, 1.807) is 0 Å². The van der Waals surface area contributed by atoms with Crippen LogP contribution in [0.4, 0.5) is 5.69 Å². The highest BCUT2D eigenvalue weighted by Crippen LogP contribution is 2.23. The van der Waals surface area contributed by atoms with Gasteiger partial charge in [0.1, 0.15) is 0 Å². The number of carbonyl (C=O) groups is 1. The summed E-state index contributed by atoms with van der Waals surface area (Å²) in [7, 11) is -3.79. The molecule has 1 aromatic rings. The first-order chi connectivity index (χ1) is 9.38. The van der Waals surface area contributed by atoms with Crippen LogP contribution in [0.1, 0.15) is 30.1 Å².